The summed E-state index contributed by atoms with van der Waals surface area (Å²) in [6.45, 7) is 8.60. The molecule has 3 aliphatic heterocycles. The predicted molar refractivity (Wildman–Crippen MR) is 149 cm³/mol. The van der Waals surface area contributed by atoms with Crippen molar-refractivity contribution in [1.29, 1.82) is 5.26 Å². The van der Waals surface area contributed by atoms with Crippen molar-refractivity contribution in [3.63, 3.8) is 0 Å². The van der Waals surface area contributed by atoms with Gasteiger partial charge in [-0.05, 0) is 42.5 Å². The molecule has 3 saturated heterocycles. The van der Waals surface area contributed by atoms with E-state index in [2.05, 4.69) is 48.3 Å². The Kier molecular flexibility index (Phi) is 7.44. The van der Waals surface area contributed by atoms with Gasteiger partial charge in [-0.2, -0.15) is 10.2 Å². The summed E-state index contributed by atoms with van der Waals surface area (Å²) >= 11 is 0. The fourth-order valence-corrected chi connectivity index (χ4v) is 5.31. The number of likely N-dealkylation sites (tertiary alicyclic amines) is 1. The first-order valence-electron chi connectivity index (χ1n) is 13.7. The first-order valence-corrected chi connectivity index (χ1v) is 13.7. The molecule has 0 bridgehead atoms. The molecule has 1 atom stereocenters. The van der Waals surface area contributed by atoms with Gasteiger partial charge in [0.05, 0.1) is 31.4 Å². The summed E-state index contributed by atoms with van der Waals surface area (Å²) in [5, 5.41) is 13.0. The molecule has 1 aromatic heterocycles. The van der Waals surface area contributed by atoms with E-state index in [1.54, 1.807) is 24.0 Å². The highest BCUT2D eigenvalue weighted by Gasteiger charge is 2.29. The predicted octanol–water partition coefficient (Wildman–Crippen LogP) is 2.67. The standard InChI is InChI=1S/C29H32N8O3/c1-20(38)37-9-8-26(16-37)40-27-7-2-21(14-22(27)15-30)28-31-19-32-29(34-28)33-23-3-5-24(6-4-23)35-10-12-36(13-11-35)25-17-39-18-25/h2-7,14,19,25-26H,8-13,16-18H2,1H3,(H,31,32,33,34)/t26-/m1/s1. The molecule has 11 nitrogen and oxygen atoms in total. The number of nitriles is 1. The molecule has 206 valence electrons. The lowest BCUT2D eigenvalue weighted by Gasteiger charge is -2.43. The van der Waals surface area contributed by atoms with Crippen LogP contribution in [0.5, 0.6) is 5.75 Å². The number of nitrogens with zero attached hydrogens (tertiary/aromatic N) is 7. The highest BCUT2D eigenvalue weighted by Crippen LogP contribution is 2.28. The summed E-state index contributed by atoms with van der Waals surface area (Å²) in [6, 6.07) is 16.4. The van der Waals surface area contributed by atoms with E-state index in [1.807, 2.05) is 18.2 Å². The summed E-state index contributed by atoms with van der Waals surface area (Å²) in [6.07, 6.45) is 2.06. The number of anilines is 3. The lowest BCUT2D eigenvalue weighted by atomic mass is 10.1. The van der Waals surface area contributed by atoms with E-state index < -0.39 is 0 Å². The fraction of sp³-hybridized carbons (Fsp3) is 0.414. The maximum Gasteiger partial charge on any atom is 0.230 e. The topological polar surface area (TPSA) is 120 Å². The van der Waals surface area contributed by atoms with Gasteiger partial charge >= 0.3 is 0 Å². The van der Waals surface area contributed by atoms with E-state index in [9.17, 15) is 10.1 Å². The third-order valence-corrected chi connectivity index (χ3v) is 7.75. The molecular weight excluding hydrogens is 508 g/mol. The van der Waals surface area contributed by atoms with Crippen molar-refractivity contribution in [1.82, 2.24) is 24.8 Å². The fourth-order valence-electron chi connectivity index (χ4n) is 5.31. The Morgan fingerprint density at radius 2 is 1.88 bits per heavy atom. The van der Waals surface area contributed by atoms with Gasteiger partial charge in [0.2, 0.25) is 11.9 Å². The van der Waals surface area contributed by atoms with Crippen LogP contribution in [0.15, 0.2) is 48.8 Å². The van der Waals surface area contributed by atoms with Crippen LogP contribution in [0.2, 0.25) is 0 Å². The monoisotopic (exact) mass is 540 g/mol. The Labute approximate surface area is 233 Å². The van der Waals surface area contributed by atoms with Gasteiger partial charge < -0.3 is 24.6 Å². The SMILES string of the molecule is CC(=O)N1CC[C@@H](Oc2ccc(-c3ncnc(Nc4ccc(N5CCN(C6COC6)CC5)cc4)n3)cc2C#N)C1. The molecule has 0 aliphatic carbocycles. The maximum atomic E-state index is 11.6. The van der Waals surface area contributed by atoms with E-state index in [0.717, 1.165) is 51.5 Å². The van der Waals surface area contributed by atoms with Crippen LogP contribution >= 0.6 is 0 Å². The van der Waals surface area contributed by atoms with Gasteiger partial charge in [0.1, 0.15) is 24.3 Å². The number of nitrogens with one attached hydrogen (secondary N) is 1. The molecule has 0 spiro atoms. The second-order valence-corrected chi connectivity index (χ2v) is 10.3. The molecule has 4 heterocycles. The third-order valence-electron chi connectivity index (χ3n) is 7.75. The number of hydrogen-bond donors (Lipinski definition) is 1. The lowest BCUT2D eigenvalue weighted by molar-refractivity contribution is -0.128. The molecule has 11 heteroatoms. The van der Waals surface area contributed by atoms with Crippen LogP contribution < -0.4 is 15.0 Å². The van der Waals surface area contributed by atoms with Crippen molar-refractivity contribution in [2.24, 2.45) is 0 Å². The summed E-state index contributed by atoms with van der Waals surface area (Å²) in [7, 11) is 0. The molecule has 0 unspecified atom stereocenters. The number of piperazine rings is 1. The van der Waals surface area contributed by atoms with Gasteiger partial charge in [-0.15, -0.1) is 0 Å². The zero-order valence-electron chi connectivity index (χ0n) is 22.5. The minimum absolute atomic E-state index is 0.0332. The average molecular weight is 541 g/mol. The van der Waals surface area contributed by atoms with Crippen molar-refractivity contribution in [2.75, 3.05) is 62.7 Å². The van der Waals surface area contributed by atoms with E-state index >= 15 is 0 Å². The highest BCUT2D eigenvalue weighted by atomic mass is 16.5. The number of carbonyl (C=O) groups is 1. The van der Waals surface area contributed by atoms with Crippen molar-refractivity contribution in [3.05, 3.63) is 54.4 Å². The van der Waals surface area contributed by atoms with Crippen LogP contribution in [-0.4, -0.2) is 95.3 Å². The first-order chi connectivity index (χ1) is 19.6. The Morgan fingerprint density at radius 3 is 2.55 bits per heavy atom. The summed E-state index contributed by atoms with van der Waals surface area (Å²) in [5.41, 5.74) is 3.16. The van der Waals surface area contributed by atoms with Crippen molar-refractivity contribution < 1.29 is 14.3 Å². The van der Waals surface area contributed by atoms with E-state index in [-0.39, 0.29) is 12.0 Å². The molecule has 0 saturated carbocycles. The Bertz CT molecular complexity index is 1400. The van der Waals surface area contributed by atoms with Gasteiger partial charge in [-0.1, -0.05) is 0 Å². The Balaban J connectivity index is 1.09. The van der Waals surface area contributed by atoms with Gasteiger partial charge in [0.15, 0.2) is 5.82 Å². The lowest BCUT2D eigenvalue weighted by Crippen LogP contribution is -2.56. The van der Waals surface area contributed by atoms with Gasteiger partial charge in [-0.3, -0.25) is 9.69 Å². The van der Waals surface area contributed by atoms with Crippen LogP contribution in [0, 0.1) is 11.3 Å². The highest BCUT2D eigenvalue weighted by molar-refractivity contribution is 5.73. The molecule has 3 aromatic rings. The van der Waals surface area contributed by atoms with Gasteiger partial charge in [0, 0.05) is 63.0 Å². The van der Waals surface area contributed by atoms with Crippen molar-refractivity contribution in [3.8, 4) is 23.2 Å². The van der Waals surface area contributed by atoms with E-state index in [1.165, 1.54) is 12.0 Å². The second-order valence-electron chi connectivity index (χ2n) is 10.3. The molecule has 2 aromatic carbocycles. The quantitative estimate of drug-likeness (QED) is 0.479. The molecule has 1 N–H and O–H groups in total. The summed E-state index contributed by atoms with van der Waals surface area (Å²) in [5.74, 6) is 1.40. The molecule has 3 fully saturated rings. The zero-order chi connectivity index (χ0) is 27.5. The van der Waals surface area contributed by atoms with E-state index in [0.29, 0.717) is 47.8 Å². The normalized spacial score (nSPS) is 19.6. The second kappa shape index (κ2) is 11.5. The van der Waals surface area contributed by atoms with Crippen LogP contribution in [0.3, 0.4) is 0 Å². The summed E-state index contributed by atoms with van der Waals surface area (Å²) in [4.78, 5) is 31.5. The average Bonchev–Trinajstić information content (AvgIpc) is 3.42. The third kappa shape index (κ3) is 5.68. The molecule has 3 aliphatic rings. The molecule has 0 radical (unpaired) electrons. The van der Waals surface area contributed by atoms with Crippen molar-refractivity contribution in [2.45, 2.75) is 25.5 Å². The minimum Gasteiger partial charge on any atom is -0.487 e. The zero-order valence-corrected chi connectivity index (χ0v) is 22.5. The molecule has 40 heavy (non-hydrogen) atoms. The Hall–Kier alpha value is -4.27. The number of amides is 1. The summed E-state index contributed by atoms with van der Waals surface area (Å²) < 4.78 is 11.4. The minimum atomic E-state index is -0.131. The largest absolute Gasteiger partial charge is 0.487 e. The maximum absolute atomic E-state index is 11.6. The van der Waals surface area contributed by atoms with Crippen molar-refractivity contribution >= 4 is 23.2 Å². The van der Waals surface area contributed by atoms with Crippen LogP contribution in [0.4, 0.5) is 17.3 Å². The first kappa shape index (κ1) is 26.0. The van der Waals surface area contributed by atoms with Crippen LogP contribution in [0.1, 0.15) is 18.9 Å². The number of hydrogen-bond acceptors (Lipinski definition) is 10. The van der Waals surface area contributed by atoms with Crippen LogP contribution in [0.25, 0.3) is 11.4 Å². The Morgan fingerprint density at radius 1 is 1.07 bits per heavy atom. The number of ether oxygens (including phenoxy) is 2. The number of rotatable bonds is 7. The molecular formula is C29H32N8O3. The van der Waals surface area contributed by atoms with Gasteiger partial charge in [-0.25, -0.2) is 9.97 Å². The molecule has 6 rings (SSSR count). The van der Waals surface area contributed by atoms with E-state index in [4.69, 9.17) is 9.47 Å². The van der Waals surface area contributed by atoms with Crippen LogP contribution in [-0.2, 0) is 9.53 Å². The number of aromatic nitrogens is 3. The smallest absolute Gasteiger partial charge is 0.230 e. The molecule has 1 amide bonds. The number of benzene rings is 2. The van der Waals surface area contributed by atoms with Gasteiger partial charge in [0.25, 0.3) is 0 Å². The number of carbonyl (C=O) groups excluding carboxylic acids is 1.